The molecule has 8 heteroatoms. The molecule has 1 aliphatic heterocycles. The Labute approximate surface area is 233 Å². The van der Waals surface area contributed by atoms with Crippen molar-refractivity contribution >= 4 is 22.9 Å². The molecule has 8 nitrogen and oxygen atoms in total. The highest BCUT2D eigenvalue weighted by Crippen LogP contribution is 2.32. The summed E-state index contributed by atoms with van der Waals surface area (Å²) >= 11 is 0. The van der Waals surface area contributed by atoms with E-state index in [2.05, 4.69) is 62.7 Å². The second-order valence-electron chi connectivity index (χ2n) is 10.1. The molecule has 200 valence electrons. The van der Waals surface area contributed by atoms with Crippen LogP contribution in [0.15, 0.2) is 97.7 Å². The van der Waals surface area contributed by atoms with Crippen molar-refractivity contribution in [3.63, 3.8) is 0 Å². The number of carbonyl (C=O) groups is 1. The third-order valence-electron chi connectivity index (χ3n) is 7.29. The van der Waals surface area contributed by atoms with E-state index in [1.54, 1.807) is 6.20 Å². The summed E-state index contributed by atoms with van der Waals surface area (Å²) in [5.74, 6) is 1.00. The van der Waals surface area contributed by atoms with Crippen LogP contribution in [-0.2, 0) is 11.3 Å². The van der Waals surface area contributed by atoms with E-state index >= 15 is 0 Å². The number of nitrogen functional groups attached to an aromatic ring is 1. The van der Waals surface area contributed by atoms with Gasteiger partial charge >= 0.3 is 0 Å². The van der Waals surface area contributed by atoms with Gasteiger partial charge in [-0.25, -0.2) is 15.0 Å². The standard InChI is InChI=1S/C32H31N7O/c1-2-29(40)35-24-10-7-19-38(21-24)20-22-12-14-25(15-13-22)39-31(26-11-6-18-34-30(26)33)37-28-17-16-27(36-32(28)39)23-8-4-3-5-9-23/h2-6,8-9,11-18,24H,1,7,10,19-21H2,(H2,33,34)(H,35,40). The van der Waals surface area contributed by atoms with Gasteiger partial charge in [0.15, 0.2) is 11.5 Å². The monoisotopic (exact) mass is 529 g/mol. The topological polar surface area (TPSA) is 102 Å². The summed E-state index contributed by atoms with van der Waals surface area (Å²) in [6, 6.07) is 26.6. The maximum absolute atomic E-state index is 11.8. The van der Waals surface area contributed by atoms with Crippen molar-refractivity contribution in [3.05, 3.63) is 103 Å². The van der Waals surface area contributed by atoms with Crippen LogP contribution in [0.25, 0.3) is 39.5 Å². The Morgan fingerprint density at radius 2 is 1.85 bits per heavy atom. The Kier molecular flexibility index (Phi) is 7.08. The molecular formula is C32H31N7O. The maximum atomic E-state index is 11.8. The average Bonchev–Trinajstić information content (AvgIpc) is 3.37. The number of anilines is 1. The lowest BCUT2D eigenvalue weighted by molar-refractivity contribution is -0.117. The first-order valence-electron chi connectivity index (χ1n) is 13.5. The fraction of sp³-hybridized carbons (Fsp3) is 0.188. The van der Waals surface area contributed by atoms with Crippen LogP contribution < -0.4 is 11.1 Å². The number of nitrogens with zero attached hydrogens (tertiary/aromatic N) is 5. The smallest absolute Gasteiger partial charge is 0.243 e. The van der Waals surface area contributed by atoms with Gasteiger partial charge in [0.2, 0.25) is 5.91 Å². The number of carbonyl (C=O) groups excluding carboxylic acids is 1. The predicted octanol–water partition coefficient (Wildman–Crippen LogP) is 5.00. The Balaban J connectivity index is 1.35. The SMILES string of the molecule is C=CC(=O)NC1CCCN(Cc2ccc(-n3c(-c4cccnc4N)nc4ccc(-c5ccccc5)nc43)cc2)C1. The number of hydrogen-bond acceptors (Lipinski definition) is 6. The van der Waals surface area contributed by atoms with E-state index in [0.717, 1.165) is 66.1 Å². The molecule has 1 amide bonds. The van der Waals surface area contributed by atoms with Gasteiger partial charge in [0, 0.05) is 36.6 Å². The Bertz CT molecular complexity index is 1660. The number of likely N-dealkylation sites (tertiary alicyclic amines) is 1. The summed E-state index contributed by atoms with van der Waals surface area (Å²) in [5.41, 5.74) is 12.6. The van der Waals surface area contributed by atoms with Crippen molar-refractivity contribution in [3.8, 4) is 28.3 Å². The highest BCUT2D eigenvalue weighted by atomic mass is 16.1. The van der Waals surface area contributed by atoms with Gasteiger partial charge in [-0.05, 0) is 67.4 Å². The summed E-state index contributed by atoms with van der Waals surface area (Å²) < 4.78 is 2.06. The molecule has 3 N–H and O–H groups in total. The van der Waals surface area contributed by atoms with Gasteiger partial charge in [-0.15, -0.1) is 0 Å². The first kappa shape index (κ1) is 25.5. The van der Waals surface area contributed by atoms with Crippen LogP contribution in [-0.4, -0.2) is 49.5 Å². The van der Waals surface area contributed by atoms with E-state index in [0.29, 0.717) is 11.6 Å². The van der Waals surface area contributed by atoms with Crippen LogP contribution in [0.4, 0.5) is 5.82 Å². The van der Waals surface area contributed by atoms with Crippen molar-refractivity contribution in [2.45, 2.75) is 25.4 Å². The lowest BCUT2D eigenvalue weighted by Gasteiger charge is -2.33. The summed E-state index contributed by atoms with van der Waals surface area (Å²) in [6.07, 6.45) is 5.05. The number of aromatic nitrogens is 4. The van der Waals surface area contributed by atoms with Crippen LogP contribution in [0.1, 0.15) is 18.4 Å². The van der Waals surface area contributed by atoms with Gasteiger partial charge in [-0.3, -0.25) is 14.3 Å². The zero-order valence-corrected chi connectivity index (χ0v) is 22.2. The minimum absolute atomic E-state index is 0.113. The lowest BCUT2D eigenvalue weighted by Crippen LogP contribution is -2.46. The first-order chi connectivity index (χ1) is 19.6. The zero-order valence-electron chi connectivity index (χ0n) is 22.2. The third-order valence-corrected chi connectivity index (χ3v) is 7.29. The summed E-state index contributed by atoms with van der Waals surface area (Å²) in [5, 5.41) is 3.04. The highest BCUT2D eigenvalue weighted by Gasteiger charge is 2.22. The van der Waals surface area contributed by atoms with E-state index in [1.807, 2.05) is 42.5 Å². The number of hydrogen-bond donors (Lipinski definition) is 2. The number of nitrogens with one attached hydrogen (secondary N) is 1. The molecule has 1 saturated heterocycles. The van der Waals surface area contributed by atoms with Crippen LogP contribution in [0.5, 0.6) is 0 Å². The normalized spacial score (nSPS) is 15.7. The van der Waals surface area contributed by atoms with Crippen LogP contribution in [0, 0.1) is 0 Å². The van der Waals surface area contributed by atoms with E-state index in [-0.39, 0.29) is 11.9 Å². The van der Waals surface area contributed by atoms with E-state index in [1.165, 1.54) is 11.6 Å². The lowest BCUT2D eigenvalue weighted by atomic mass is 10.0. The molecule has 1 unspecified atom stereocenters. The van der Waals surface area contributed by atoms with Crippen molar-refractivity contribution < 1.29 is 4.79 Å². The molecule has 0 spiro atoms. The molecule has 4 heterocycles. The first-order valence-corrected chi connectivity index (χ1v) is 13.5. The average molecular weight is 530 g/mol. The minimum atomic E-state index is -0.113. The molecule has 40 heavy (non-hydrogen) atoms. The molecule has 5 aromatic rings. The fourth-order valence-corrected chi connectivity index (χ4v) is 5.34. The maximum Gasteiger partial charge on any atom is 0.243 e. The quantitative estimate of drug-likeness (QED) is 0.288. The molecule has 0 aliphatic carbocycles. The number of piperidine rings is 1. The predicted molar refractivity (Wildman–Crippen MR) is 159 cm³/mol. The Morgan fingerprint density at radius 3 is 2.62 bits per heavy atom. The number of imidazole rings is 1. The number of pyridine rings is 2. The molecular weight excluding hydrogens is 498 g/mol. The number of fused-ring (bicyclic) bond motifs is 1. The molecule has 0 bridgehead atoms. The minimum Gasteiger partial charge on any atom is -0.383 e. The molecule has 0 radical (unpaired) electrons. The second-order valence-corrected chi connectivity index (χ2v) is 10.1. The van der Waals surface area contributed by atoms with Crippen molar-refractivity contribution in [2.24, 2.45) is 0 Å². The van der Waals surface area contributed by atoms with E-state index in [4.69, 9.17) is 15.7 Å². The van der Waals surface area contributed by atoms with Gasteiger partial charge in [-0.2, -0.15) is 0 Å². The van der Waals surface area contributed by atoms with Gasteiger partial charge in [0.1, 0.15) is 11.3 Å². The number of rotatable bonds is 7. The van der Waals surface area contributed by atoms with Crippen molar-refractivity contribution in [2.75, 3.05) is 18.8 Å². The number of nitrogens with two attached hydrogens (primary N) is 1. The van der Waals surface area contributed by atoms with Crippen LogP contribution in [0.3, 0.4) is 0 Å². The van der Waals surface area contributed by atoms with E-state index in [9.17, 15) is 4.79 Å². The molecule has 1 atom stereocenters. The molecule has 0 saturated carbocycles. The van der Waals surface area contributed by atoms with Gasteiger partial charge in [0.25, 0.3) is 0 Å². The molecule has 1 fully saturated rings. The molecule has 2 aromatic carbocycles. The molecule has 3 aromatic heterocycles. The zero-order chi connectivity index (χ0) is 27.5. The summed E-state index contributed by atoms with van der Waals surface area (Å²) in [4.78, 5) is 28.4. The van der Waals surface area contributed by atoms with E-state index < -0.39 is 0 Å². The van der Waals surface area contributed by atoms with Gasteiger partial charge < -0.3 is 11.1 Å². The number of benzene rings is 2. The van der Waals surface area contributed by atoms with Crippen LogP contribution >= 0.6 is 0 Å². The Morgan fingerprint density at radius 1 is 1.02 bits per heavy atom. The largest absolute Gasteiger partial charge is 0.383 e. The fourth-order valence-electron chi connectivity index (χ4n) is 5.34. The van der Waals surface area contributed by atoms with Crippen molar-refractivity contribution in [1.82, 2.24) is 29.7 Å². The van der Waals surface area contributed by atoms with Gasteiger partial charge in [-0.1, -0.05) is 49.0 Å². The summed E-state index contributed by atoms with van der Waals surface area (Å²) in [7, 11) is 0. The summed E-state index contributed by atoms with van der Waals surface area (Å²) in [6.45, 7) is 6.20. The molecule has 1 aliphatic rings. The molecule has 6 rings (SSSR count). The number of amides is 1. The Hall–Kier alpha value is -4.82. The van der Waals surface area contributed by atoms with Crippen molar-refractivity contribution in [1.29, 1.82) is 0 Å². The third kappa shape index (κ3) is 5.21. The highest BCUT2D eigenvalue weighted by molar-refractivity contribution is 5.87. The second kappa shape index (κ2) is 11.1. The van der Waals surface area contributed by atoms with Gasteiger partial charge in [0.05, 0.1) is 11.3 Å². The van der Waals surface area contributed by atoms with Crippen LogP contribution in [0.2, 0.25) is 0 Å².